The number of fused-ring (bicyclic) bond motifs is 1. The van der Waals surface area contributed by atoms with E-state index in [0.717, 1.165) is 72.3 Å². The van der Waals surface area contributed by atoms with Crippen molar-refractivity contribution in [3.05, 3.63) is 48.7 Å². The smallest absolute Gasteiger partial charge is 0.410 e. The first-order valence-corrected chi connectivity index (χ1v) is 15.8. The number of aromatic nitrogens is 6. The Morgan fingerprint density at radius 2 is 1.82 bits per heavy atom. The lowest BCUT2D eigenvalue weighted by Gasteiger charge is -2.34. The fourth-order valence-corrected chi connectivity index (χ4v) is 6.07. The summed E-state index contributed by atoms with van der Waals surface area (Å²) in [5.74, 6) is 1.17. The molecule has 4 aromatic rings. The zero-order valence-electron chi connectivity index (χ0n) is 25.7. The maximum Gasteiger partial charge on any atom is 0.410 e. The van der Waals surface area contributed by atoms with Gasteiger partial charge in [-0.3, -0.25) is 9.97 Å². The van der Waals surface area contributed by atoms with E-state index in [1.807, 2.05) is 37.8 Å². The number of carbonyl (C=O) groups is 1. The monoisotopic (exact) mass is 596 g/mol. The number of benzene rings is 1. The molecule has 0 radical (unpaired) electrons. The van der Waals surface area contributed by atoms with E-state index in [-0.39, 0.29) is 18.4 Å². The molecule has 1 saturated carbocycles. The van der Waals surface area contributed by atoms with E-state index in [4.69, 9.17) is 24.5 Å². The molecular weight excluding hydrogens is 556 g/mol. The van der Waals surface area contributed by atoms with Crippen LogP contribution in [0.3, 0.4) is 0 Å². The first-order chi connectivity index (χ1) is 21.3. The molecule has 3 aliphatic rings. The average Bonchev–Trinajstić information content (AvgIpc) is 3.81. The first kappa shape index (κ1) is 28.6. The predicted octanol–water partition coefficient (Wildman–Crippen LogP) is 6.34. The van der Waals surface area contributed by atoms with Crippen LogP contribution < -0.4 is 5.32 Å². The Labute approximate surface area is 257 Å². The number of carbonyl (C=O) groups excluding carboxylic acids is 1. The van der Waals surface area contributed by atoms with Crippen LogP contribution in [0.2, 0.25) is 0 Å². The van der Waals surface area contributed by atoms with Gasteiger partial charge >= 0.3 is 6.09 Å². The highest BCUT2D eigenvalue weighted by molar-refractivity contribution is 5.95. The lowest BCUT2D eigenvalue weighted by Crippen LogP contribution is -2.47. The lowest BCUT2D eigenvalue weighted by molar-refractivity contribution is -0.0365. The molecule has 1 aromatic carbocycles. The van der Waals surface area contributed by atoms with Crippen LogP contribution in [0.15, 0.2) is 43.0 Å². The first-order valence-electron chi connectivity index (χ1n) is 15.8. The Hall–Kier alpha value is -4.12. The minimum Gasteiger partial charge on any atom is -0.444 e. The van der Waals surface area contributed by atoms with Crippen molar-refractivity contribution in [3.8, 4) is 22.6 Å². The highest BCUT2D eigenvalue weighted by Crippen LogP contribution is 2.40. The van der Waals surface area contributed by atoms with Crippen molar-refractivity contribution >= 4 is 22.8 Å². The average molecular weight is 597 g/mol. The molecule has 2 unspecified atom stereocenters. The summed E-state index contributed by atoms with van der Waals surface area (Å²) in [6.45, 7) is 7.61. The number of hydrogen-bond donors (Lipinski definition) is 1. The molecule has 2 aliphatic heterocycles. The van der Waals surface area contributed by atoms with Crippen molar-refractivity contribution in [1.82, 2.24) is 34.6 Å². The van der Waals surface area contributed by atoms with Crippen LogP contribution in [0.25, 0.3) is 33.5 Å². The maximum atomic E-state index is 12.7. The summed E-state index contributed by atoms with van der Waals surface area (Å²) >= 11 is 0. The summed E-state index contributed by atoms with van der Waals surface area (Å²) in [5.41, 5.74) is 4.79. The Morgan fingerprint density at radius 1 is 0.977 bits per heavy atom. The molecule has 2 atom stereocenters. The zero-order chi connectivity index (χ0) is 30.3. The number of ether oxygens (including phenoxy) is 2. The fraction of sp³-hybridized carbons (Fsp3) is 0.515. The van der Waals surface area contributed by atoms with E-state index < -0.39 is 5.60 Å². The normalized spacial score (nSPS) is 20.9. The molecule has 3 fully saturated rings. The molecule has 11 nitrogen and oxygen atoms in total. The largest absolute Gasteiger partial charge is 0.444 e. The topological polar surface area (TPSA) is 120 Å². The highest BCUT2D eigenvalue weighted by Gasteiger charge is 2.29. The molecule has 0 bridgehead atoms. The molecule has 0 spiro atoms. The number of likely N-dealkylation sites (tertiary alicyclic amines) is 1. The minimum atomic E-state index is -0.529. The number of rotatable bonds is 6. The van der Waals surface area contributed by atoms with Gasteiger partial charge in [0.2, 0.25) is 0 Å². The van der Waals surface area contributed by atoms with Gasteiger partial charge < -0.3 is 19.7 Å². The fourth-order valence-electron chi connectivity index (χ4n) is 6.07. The number of hydrogen-bond acceptors (Lipinski definition) is 9. The van der Waals surface area contributed by atoms with E-state index in [9.17, 15) is 4.79 Å². The summed E-state index contributed by atoms with van der Waals surface area (Å²) in [7, 11) is 0. The summed E-state index contributed by atoms with van der Waals surface area (Å²) in [6, 6.07) is 6.37. The number of anilines is 1. The van der Waals surface area contributed by atoms with E-state index in [2.05, 4.69) is 33.5 Å². The molecule has 2 saturated heterocycles. The molecule has 44 heavy (non-hydrogen) atoms. The Morgan fingerprint density at radius 3 is 2.61 bits per heavy atom. The van der Waals surface area contributed by atoms with Crippen LogP contribution in [-0.2, 0) is 9.47 Å². The van der Waals surface area contributed by atoms with Crippen LogP contribution in [0.5, 0.6) is 0 Å². The van der Waals surface area contributed by atoms with Gasteiger partial charge in [0.25, 0.3) is 0 Å². The molecule has 1 N–H and O–H groups in total. The van der Waals surface area contributed by atoms with Gasteiger partial charge in [0.15, 0.2) is 6.23 Å². The van der Waals surface area contributed by atoms with Gasteiger partial charge in [0, 0.05) is 48.8 Å². The van der Waals surface area contributed by atoms with E-state index in [0.29, 0.717) is 30.5 Å². The second-order valence-corrected chi connectivity index (χ2v) is 13.1. The Kier molecular flexibility index (Phi) is 7.65. The van der Waals surface area contributed by atoms with Gasteiger partial charge in [0.1, 0.15) is 22.8 Å². The third-order valence-corrected chi connectivity index (χ3v) is 8.38. The van der Waals surface area contributed by atoms with E-state index in [1.165, 1.54) is 12.8 Å². The highest BCUT2D eigenvalue weighted by atomic mass is 16.6. The van der Waals surface area contributed by atoms with Crippen molar-refractivity contribution in [1.29, 1.82) is 0 Å². The van der Waals surface area contributed by atoms with Gasteiger partial charge in [-0.25, -0.2) is 19.4 Å². The van der Waals surface area contributed by atoms with Crippen molar-refractivity contribution in [2.45, 2.75) is 89.5 Å². The van der Waals surface area contributed by atoms with Gasteiger partial charge in [-0.15, -0.1) is 0 Å². The van der Waals surface area contributed by atoms with Gasteiger partial charge in [-0.1, -0.05) is 6.07 Å². The quantitative estimate of drug-likeness (QED) is 0.272. The van der Waals surface area contributed by atoms with Gasteiger partial charge in [0.05, 0.1) is 35.5 Å². The van der Waals surface area contributed by atoms with Gasteiger partial charge in [-0.05, 0) is 77.8 Å². The lowest BCUT2D eigenvalue weighted by atomic mass is 10.1. The Bertz CT molecular complexity index is 1650. The van der Waals surface area contributed by atoms with Crippen LogP contribution in [-0.4, -0.2) is 72.0 Å². The standard InChI is InChI=1S/C33H40N8O3/c1-33(2,3)44-32(42)40-13-6-7-23(20-40)36-29-19-35-18-27(38-29)31-24-15-22(26-17-34-16-25(37-26)21-9-10-21)11-12-28(24)41(39-31)30-8-4-5-14-43-30/h11-12,15-19,21,23,30H,4-10,13-14,20H2,1-3H3,(H,36,38). The molecule has 7 rings (SSSR count). The van der Waals surface area contributed by atoms with Crippen molar-refractivity contribution in [2.24, 2.45) is 0 Å². The summed E-state index contributed by atoms with van der Waals surface area (Å²) in [5, 5.41) is 9.57. The van der Waals surface area contributed by atoms with E-state index in [1.54, 1.807) is 17.3 Å². The van der Waals surface area contributed by atoms with Crippen LogP contribution >= 0.6 is 0 Å². The number of piperidine rings is 1. The van der Waals surface area contributed by atoms with Gasteiger partial charge in [-0.2, -0.15) is 5.10 Å². The number of nitrogens with one attached hydrogen (secondary N) is 1. The summed E-state index contributed by atoms with van der Waals surface area (Å²) < 4.78 is 13.8. The third kappa shape index (κ3) is 6.24. The molecular formula is C33H40N8O3. The molecule has 1 amide bonds. The summed E-state index contributed by atoms with van der Waals surface area (Å²) in [6.07, 6.45) is 14.0. The van der Waals surface area contributed by atoms with Crippen molar-refractivity contribution in [2.75, 3.05) is 25.0 Å². The van der Waals surface area contributed by atoms with Crippen LogP contribution in [0.4, 0.5) is 10.6 Å². The maximum absolute atomic E-state index is 12.7. The Balaban J connectivity index is 1.20. The van der Waals surface area contributed by atoms with E-state index >= 15 is 0 Å². The van der Waals surface area contributed by atoms with Crippen LogP contribution in [0.1, 0.15) is 83.6 Å². The SMILES string of the molecule is CC(C)(C)OC(=O)N1CCCC(Nc2cncc(-c3nn(C4CCCCO4)c4ccc(-c5cncc(C6CC6)n5)cc34)n2)C1. The number of amides is 1. The minimum absolute atomic E-state index is 0.0367. The predicted molar refractivity (Wildman–Crippen MR) is 167 cm³/mol. The number of nitrogens with zero attached hydrogens (tertiary/aromatic N) is 7. The molecule has 1 aliphatic carbocycles. The molecule has 5 heterocycles. The second kappa shape index (κ2) is 11.8. The van der Waals surface area contributed by atoms with Crippen molar-refractivity contribution < 1.29 is 14.3 Å². The van der Waals surface area contributed by atoms with Crippen molar-refractivity contribution in [3.63, 3.8) is 0 Å². The second-order valence-electron chi connectivity index (χ2n) is 13.1. The zero-order valence-corrected chi connectivity index (χ0v) is 25.7. The molecule has 11 heteroatoms. The van der Waals surface area contributed by atoms with Crippen LogP contribution in [0, 0.1) is 0 Å². The molecule has 3 aromatic heterocycles. The molecule has 230 valence electrons. The summed E-state index contributed by atoms with van der Waals surface area (Å²) in [4.78, 5) is 33.4. The third-order valence-electron chi connectivity index (χ3n) is 8.38.